The molecule has 0 aromatic heterocycles. The van der Waals surface area contributed by atoms with Crippen LogP contribution in [0.1, 0.15) is 17.3 Å². The largest absolute Gasteiger partial charge is 0.496 e. The summed E-state index contributed by atoms with van der Waals surface area (Å²) in [5, 5.41) is 11.6. The number of carbonyl (C=O) groups is 3. The average molecular weight is 378 g/mol. The van der Waals surface area contributed by atoms with Gasteiger partial charge in [0.25, 0.3) is 11.8 Å². The first-order chi connectivity index (χ1) is 12.4. The molecule has 8 nitrogen and oxygen atoms in total. The van der Waals surface area contributed by atoms with Gasteiger partial charge >= 0.3 is 5.97 Å². The number of β-lactam (4-membered cyclic amide) rings is 1. The quantitative estimate of drug-likeness (QED) is 0.739. The Morgan fingerprint density at radius 2 is 1.88 bits per heavy atom. The number of carboxylic acid groups (broad SMARTS) is 1. The van der Waals surface area contributed by atoms with E-state index in [-0.39, 0.29) is 11.3 Å². The Kier molecular flexibility index (Phi) is 4.82. The molecule has 26 heavy (non-hydrogen) atoms. The van der Waals surface area contributed by atoms with Crippen molar-refractivity contribution in [2.45, 2.75) is 18.3 Å². The standard InChI is InChI=1S/C17H18N2O6S/c1-8-7-26-16-12(15(21)19(16)13(8)17(22)23)18-14(20)11-9(24-2)5-4-6-10(11)25-3/h4-6,12,16H,7H2,1-3H3,(H,18,20)(H,22,23)/t12-,16+/m1/s1. The Hall–Kier alpha value is -2.68. The minimum atomic E-state index is -1.14. The highest BCUT2D eigenvalue weighted by molar-refractivity contribution is 8.00. The molecule has 0 spiro atoms. The van der Waals surface area contributed by atoms with Crippen LogP contribution < -0.4 is 14.8 Å². The van der Waals surface area contributed by atoms with Crippen molar-refractivity contribution in [3.63, 3.8) is 0 Å². The summed E-state index contributed by atoms with van der Waals surface area (Å²) < 4.78 is 10.4. The minimum Gasteiger partial charge on any atom is -0.496 e. The Morgan fingerprint density at radius 1 is 1.27 bits per heavy atom. The molecular weight excluding hydrogens is 360 g/mol. The second-order valence-electron chi connectivity index (χ2n) is 5.83. The van der Waals surface area contributed by atoms with Gasteiger partial charge < -0.3 is 19.9 Å². The normalized spacial score (nSPS) is 21.7. The number of carboxylic acids is 1. The lowest BCUT2D eigenvalue weighted by atomic mass is 10.0. The molecule has 1 fully saturated rings. The maximum Gasteiger partial charge on any atom is 0.352 e. The van der Waals surface area contributed by atoms with Gasteiger partial charge in [0.2, 0.25) is 0 Å². The molecule has 2 amide bonds. The molecule has 2 atom stereocenters. The van der Waals surface area contributed by atoms with Gasteiger partial charge in [-0.1, -0.05) is 6.07 Å². The van der Waals surface area contributed by atoms with Gasteiger partial charge in [-0.05, 0) is 24.6 Å². The number of hydrogen-bond acceptors (Lipinski definition) is 6. The van der Waals surface area contributed by atoms with E-state index < -0.39 is 29.2 Å². The van der Waals surface area contributed by atoms with Gasteiger partial charge in [0, 0.05) is 5.75 Å². The number of benzene rings is 1. The van der Waals surface area contributed by atoms with Crippen LogP contribution in [0, 0.1) is 0 Å². The SMILES string of the molecule is COc1cccc(OC)c1C(=O)N[C@@H]1C(=O)N2C(C(=O)O)=C(C)CS[C@@H]12. The Bertz CT molecular complexity index is 799. The summed E-state index contributed by atoms with van der Waals surface area (Å²) in [6, 6.07) is 4.13. The van der Waals surface area contributed by atoms with E-state index in [0.717, 1.165) is 0 Å². The van der Waals surface area contributed by atoms with Crippen molar-refractivity contribution in [1.29, 1.82) is 0 Å². The van der Waals surface area contributed by atoms with Crippen molar-refractivity contribution in [2.24, 2.45) is 0 Å². The smallest absolute Gasteiger partial charge is 0.352 e. The van der Waals surface area contributed by atoms with Crippen LogP contribution in [0.5, 0.6) is 11.5 Å². The van der Waals surface area contributed by atoms with E-state index >= 15 is 0 Å². The summed E-state index contributed by atoms with van der Waals surface area (Å²) in [5.41, 5.74) is 0.817. The number of nitrogens with one attached hydrogen (secondary N) is 1. The van der Waals surface area contributed by atoms with E-state index in [1.165, 1.54) is 30.9 Å². The molecule has 2 aliphatic rings. The van der Waals surface area contributed by atoms with Crippen molar-refractivity contribution in [2.75, 3.05) is 20.0 Å². The van der Waals surface area contributed by atoms with Crippen LogP contribution in [-0.4, -0.2) is 59.2 Å². The van der Waals surface area contributed by atoms with Crippen LogP contribution >= 0.6 is 11.8 Å². The van der Waals surface area contributed by atoms with E-state index in [2.05, 4.69) is 5.32 Å². The van der Waals surface area contributed by atoms with Gasteiger partial charge in [-0.2, -0.15) is 0 Å². The molecule has 138 valence electrons. The van der Waals surface area contributed by atoms with Gasteiger partial charge in [0.1, 0.15) is 34.2 Å². The first kappa shape index (κ1) is 18.1. The summed E-state index contributed by atoms with van der Waals surface area (Å²) in [6.07, 6.45) is 0. The van der Waals surface area contributed by atoms with E-state index in [0.29, 0.717) is 22.8 Å². The monoisotopic (exact) mass is 378 g/mol. The third-order valence-electron chi connectivity index (χ3n) is 4.30. The van der Waals surface area contributed by atoms with Crippen LogP contribution in [0.3, 0.4) is 0 Å². The van der Waals surface area contributed by atoms with Gasteiger partial charge in [-0.25, -0.2) is 4.79 Å². The van der Waals surface area contributed by atoms with E-state index in [1.54, 1.807) is 25.1 Å². The molecule has 1 aromatic carbocycles. The molecule has 2 aliphatic heterocycles. The number of nitrogens with zero attached hydrogens (tertiary/aromatic N) is 1. The van der Waals surface area contributed by atoms with Crippen molar-refractivity contribution >= 4 is 29.5 Å². The first-order valence-electron chi connectivity index (χ1n) is 7.80. The number of carbonyl (C=O) groups excluding carboxylic acids is 2. The number of aliphatic carboxylic acids is 1. The van der Waals surface area contributed by atoms with Gasteiger partial charge in [-0.3, -0.25) is 14.5 Å². The molecule has 0 radical (unpaired) electrons. The fourth-order valence-corrected chi connectivity index (χ4v) is 4.36. The Balaban J connectivity index is 1.83. The van der Waals surface area contributed by atoms with Gasteiger partial charge in [0.15, 0.2) is 0 Å². The minimum absolute atomic E-state index is 0.000814. The molecule has 0 saturated carbocycles. The molecule has 1 saturated heterocycles. The highest BCUT2D eigenvalue weighted by atomic mass is 32.2. The first-order valence-corrected chi connectivity index (χ1v) is 8.85. The summed E-state index contributed by atoms with van der Waals surface area (Å²) in [4.78, 5) is 37.9. The second kappa shape index (κ2) is 6.91. The summed E-state index contributed by atoms with van der Waals surface area (Å²) in [5.74, 6) is -0.965. The number of thioether (sulfide) groups is 1. The van der Waals surface area contributed by atoms with E-state index in [1.807, 2.05) is 0 Å². The third-order valence-corrected chi connectivity index (χ3v) is 5.73. The summed E-state index contributed by atoms with van der Waals surface area (Å²) in [6.45, 7) is 1.69. The van der Waals surface area contributed by atoms with Crippen LogP contribution in [-0.2, 0) is 9.59 Å². The molecule has 0 aliphatic carbocycles. The maximum atomic E-state index is 12.7. The van der Waals surface area contributed by atoms with E-state index in [9.17, 15) is 19.5 Å². The molecule has 1 aromatic rings. The summed E-state index contributed by atoms with van der Waals surface area (Å²) in [7, 11) is 2.87. The topological polar surface area (TPSA) is 105 Å². The van der Waals surface area contributed by atoms with Crippen LogP contribution in [0.15, 0.2) is 29.5 Å². The van der Waals surface area contributed by atoms with Crippen molar-refractivity contribution in [3.8, 4) is 11.5 Å². The molecule has 2 N–H and O–H groups in total. The zero-order chi connectivity index (χ0) is 19.0. The molecule has 2 heterocycles. The zero-order valence-electron chi connectivity index (χ0n) is 14.4. The lowest BCUT2D eigenvalue weighted by Crippen LogP contribution is -2.70. The Labute approximate surface area is 154 Å². The van der Waals surface area contributed by atoms with Crippen molar-refractivity contribution in [1.82, 2.24) is 10.2 Å². The van der Waals surface area contributed by atoms with Crippen molar-refractivity contribution in [3.05, 3.63) is 35.0 Å². The van der Waals surface area contributed by atoms with E-state index in [4.69, 9.17) is 9.47 Å². The van der Waals surface area contributed by atoms with Gasteiger partial charge in [0.05, 0.1) is 14.2 Å². The molecule has 0 unspecified atom stereocenters. The van der Waals surface area contributed by atoms with Crippen LogP contribution in [0.2, 0.25) is 0 Å². The molecule has 3 rings (SSSR count). The fraction of sp³-hybridized carbons (Fsp3) is 0.353. The molecule has 9 heteroatoms. The lowest BCUT2D eigenvalue weighted by molar-refractivity contribution is -0.148. The Morgan fingerprint density at radius 3 is 2.42 bits per heavy atom. The predicted octanol–water partition coefficient (Wildman–Crippen LogP) is 1.08. The number of methoxy groups -OCH3 is 2. The lowest BCUT2D eigenvalue weighted by Gasteiger charge is -2.49. The third kappa shape index (κ3) is 2.78. The average Bonchev–Trinajstić information content (AvgIpc) is 2.64. The number of fused-ring (bicyclic) bond motifs is 1. The van der Waals surface area contributed by atoms with Crippen LogP contribution in [0.4, 0.5) is 0 Å². The number of rotatable bonds is 5. The highest BCUT2D eigenvalue weighted by Crippen LogP contribution is 2.40. The maximum absolute atomic E-state index is 12.7. The number of amides is 2. The fourth-order valence-electron chi connectivity index (χ4n) is 3.06. The zero-order valence-corrected chi connectivity index (χ0v) is 15.3. The predicted molar refractivity (Wildman–Crippen MR) is 94.2 cm³/mol. The molecular formula is C17H18N2O6S. The van der Waals surface area contributed by atoms with Crippen molar-refractivity contribution < 1.29 is 29.0 Å². The highest BCUT2D eigenvalue weighted by Gasteiger charge is 2.53. The van der Waals surface area contributed by atoms with Gasteiger partial charge in [-0.15, -0.1) is 11.8 Å². The number of ether oxygens (including phenoxy) is 2. The molecule has 0 bridgehead atoms. The van der Waals surface area contributed by atoms with Crippen LogP contribution in [0.25, 0.3) is 0 Å². The summed E-state index contributed by atoms with van der Waals surface area (Å²) >= 11 is 1.42. The number of hydrogen-bond donors (Lipinski definition) is 2. The second-order valence-corrected chi connectivity index (χ2v) is 6.94.